The van der Waals surface area contributed by atoms with Gasteiger partial charge in [-0.15, -0.1) is 0 Å². The minimum Gasteiger partial charge on any atom is -0.463 e. The third kappa shape index (κ3) is 7.47. The molecular weight excluding hydrogens is 382 g/mol. The van der Waals surface area contributed by atoms with Gasteiger partial charge in [0, 0.05) is 27.7 Å². The summed E-state index contributed by atoms with van der Waals surface area (Å²) in [5, 5.41) is 0.149. The fourth-order valence-corrected chi connectivity index (χ4v) is 3.27. The van der Waals surface area contributed by atoms with Crippen LogP contribution in [0.1, 0.15) is 27.7 Å². The molecule has 0 spiro atoms. The van der Waals surface area contributed by atoms with E-state index in [1.807, 2.05) is 0 Å². The molecule has 1 fully saturated rings. The maximum Gasteiger partial charge on any atom is 0.303 e. The van der Waals surface area contributed by atoms with Crippen LogP contribution in [0.25, 0.3) is 0 Å². The second-order valence-corrected chi connectivity index (χ2v) is 6.88. The lowest BCUT2D eigenvalue weighted by Gasteiger charge is -2.44. The van der Waals surface area contributed by atoms with Crippen molar-refractivity contribution in [2.24, 2.45) is 5.73 Å². The Labute approximate surface area is 160 Å². The molecule has 5 atom stereocenters. The van der Waals surface area contributed by atoms with Gasteiger partial charge < -0.3 is 29.4 Å². The lowest BCUT2D eigenvalue weighted by atomic mass is 9.99. The molecule has 0 aromatic rings. The van der Waals surface area contributed by atoms with Crippen LogP contribution in [-0.4, -0.2) is 60.3 Å². The lowest BCUT2D eigenvalue weighted by molar-refractivity contribution is -0.237. The van der Waals surface area contributed by atoms with Crippen LogP contribution in [-0.2, 0) is 42.9 Å². The minimum absolute atomic E-state index is 0.149. The molecule has 27 heavy (non-hydrogen) atoms. The van der Waals surface area contributed by atoms with Crippen molar-refractivity contribution in [2.75, 3.05) is 6.61 Å². The topological polar surface area (TPSA) is 140 Å². The number of rotatable bonds is 7. The molecule has 1 aliphatic rings. The Morgan fingerprint density at radius 1 is 0.889 bits per heavy atom. The molecule has 11 heteroatoms. The fraction of sp³-hybridized carbons (Fsp3) is 0.625. The quantitative estimate of drug-likeness (QED) is 0.460. The highest BCUT2D eigenvalue weighted by Crippen LogP contribution is 2.35. The molecule has 0 aliphatic carbocycles. The van der Waals surface area contributed by atoms with E-state index in [0.29, 0.717) is 0 Å². The van der Waals surface area contributed by atoms with Crippen LogP contribution < -0.4 is 5.73 Å². The smallest absolute Gasteiger partial charge is 0.303 e. The summed E-state index contributed by atoms with van der Waals surface area (Å²) in [5.74, 6) is -2.64. The predicted octanol–water partition coefficient (Wildman–Crippen LogP) is 0.233. The Balaban J connectivity index is 3.29. The van der Waals surface area contributed by atoms with Crippen LogP contribution in [0.2, 0.25) is 0 Å². The summed E-state index contributed by atoms with van der Waals surface area (Å²) >= 11 is 0.927. The number of ether oxygens (including phenoxy) is 5. The first-order valence-electron chi connectivity index (χ1n) is 7.92. The molecule has 1 heterocycles. The SMILES string of the molecule is C=C(N)SC1OC(COC(C)=O)C(OC(C)=O)C(OC(C)=O)C1OC(C)=O. The van der Waals surface area contributed by atoms with E-state index in [0.717, 1.165) is 32.5 Å². The van der Waals surface area contributed by atoms with Crippen molar-refractivity contribution in [2.45, 2.75) is 57.5 Å². The summed E-state index contributed by atoms with van der Waals surface area (Å²) in [6.45, 7) is 7.93. The van der Waals surface area contributed by atoms with Crippen molar-refractivity contribution in [1.29, 1.82) is 0 Å². The number of thioether (sulfide) groups is 1. The van der Waals surface area contributed by atoms with Crippen LogP contribution in [0.5, 0.6) is 0 Å². The van der Waals surface area contributed by atoms with Gasteiger partial charge in [-0.3, -0.25) is 19.2 Å². The second-order valence-electron chi connectivity index (χ2n) is 5.65. The molecule has 2 N–H and O–H groups in total. The van der Waals surface area contributed by atoms with Crippen LogP contribution in [0, 0.1) is 0 Å². The highest BCUT2D eigenvalue weighted by molar-refractivity contribution is 8.03. The van der Waals surface area contributed by atoms with E-state index in [-0.39, 0.29) is 11.6 Å². The third-order valence-corrected chi connectivity index (χ3v) is 4.13. The molecule has 1 saturated heterocycles. The van der Waals surface area contributed by atoms with Crippen molar-refractivity contribution in [1.82, 2.24) is 0 Å². The van der Waals surface area contributed by atoms with Crippen molar-refractivity contribution >= 4 is 35.6 Å². The molecule has 152 valence electrons. The van der Waals surface area contributed by atoms with Crippen LogP contribution >= 0.6 is 11.8 Å². The van der Waals surface area contributed by atoms with Gasteiger partial charge in [-0.1, -0.05) is 18.3 Å². The number of carbonyl (C=O) groups is 4. The van der Waals surface area contributed by atoms with Crippen molar-refractivity contribution in [3.63, 3.8) is 0 Å². The normalized spacial score (nSPS) is 27.2. The Kier molecular flexibility index (Phi) is 8.57. The van der Waals surface area contributed by atoms with Crippen LogP contribution in [0.3, 0.4) is 0 Å². The third-order valence-electron chi connectivity index (χ3n) is 3.22. The predicted molar refractivity (Wildman–Crippen MR) is 92.9 cm³/mol. The zero-order valence-corrected chi connectivity index (χ0v) is 16.3. The number of carbonyl (C=O) groups excluding carboxylic acids is 4. The zero-order chi connectivity index (χ0) is 20.7. The Bertz CT molecular complexity index is 609. The van der Waals surface area contributed by atoms with Crippen LogP contribution in [0.4, 0.5) is 0 Å². The van der Waals surface area contributed by atoms with Gasteiger partial charge in [0.2, 0.25) is 0 Å². The average molecular weight is 405 g/mol. The van der Waals surface area contributed by atoms with Gasteiger partial charge in [-0.2, -0.15) is 0 Å². The highest BCUT2D eigenvalue weighted by Gasteiger charge is 2.52. The Hall–Kier alpha value is -2.27. The largest absolute Gasteiger partial charge is 0.463 e. The molecule has 0 aromatic heterocycles. The molecule has 10 nitrogen and oxygen atoms in total. The van der Waals surface area contributed by atoms with Crippen molar-refractivity contribution < 1.29 is 42.9 Å². The fourth-order valence-electron chi connectivity index (χ4n) is 2.43. The summed E-state index contributed by atoms with van der Waals surface area (Å²) in [4.78, 5) is 45.8. The summed E-state index contributed by atoms with van der Waals surface area (Å²) in [6, 6.07) is 0. The Morgan fingerprint density at radius 3 is 1.81 bits per heavy atom. The van der Waals surface area contributed by atoms with E-state index in [2.05, 4.69) is 6.58 Å². The zero-order valence-electron chi connectivity index (χ0n) is 15.5. The molecule has 0 aromatic carbocycles. The van der Waals surface area contributed by atoms with Gasteiger partial charge in [0.25, 0.3) is 0 Å². The molecule has 0 saturated carbocycles. The monoisotopic (exact) mass is 405 g/mol. The van der Waals surface area contributed by atoms with E-state index in [1.165, 1.54) is 6.92 Å². The maximum atomic E-state index is 11.6. The highest BCUT2D eigenvalue weighted by atomic mass is 32.2. The van der Waals surface area contributed by atoms with Gasteiger partial charge in [0.15, 0.2) is 23.7 Å². The van der Waals surface area contributed by atoms with Gasteiger partial charge in [0.1, 0.15) is 12.7 Å². The summed E-state index contributed by atoms with van der Waals surface area (Å²) in [6.07, 6.45) is -4.53. The summed E-state index contributed by atoms with van der Waals surface area (Å²) in [5.41, 5.74) is 4.67. The molecule has 0 amide bonds. The number of esters is 4. The number of hydrogen-bond donors (Lipinski definition) is 1. The molecule has 1 rings (SSSR count). The van der Waals surface area contributed by atoms with Gasteiger partial charge in [-0.05, 0) is 0 Å². The first-order valence-corrected chi connectivity index (χ1v) is 8.80. The van der Waals surface area contributed by atoms with E-state index in [4.69, 9.17) is 29.4 Å². The van der Waals surface area contributed by atoms with Gasteiger partial charge in [-0.25, -0.2) is 0 Å². The first kappa shape index (κ1) is 22.8. The van der Waals surface area contributed by atoms with Crippen LogP contribution in [0.15, 0.2) is 11.6 Å². The maximum absolute atomic E-state index is 11.6. The second kappa shape index (κ2) is 10.2. The van der Waals surface area contributed by atoms with E-state index in [1.54, 1.807) is 0 Å². The summed E-state index contributed by atoms with van der Waals surface area (Å²) < 4.78 is 26.5. The van der Waals surface area contributed by atoms with Gasteiger partial charge >= 0.3 is 23.9 Å². The van der Waals surface area contributed by atoms with E-state index < -0.39 is 53.7 Å². The molecule has 0 radical (unpaired) electrons. The number of hydrogen-bond acceptors (Lipinski definition) is 11. The minimum atomic E-state index is -1.21. The molecule has 0 bridgehead atoms. The van der Waals surface area contributed by atoms with E-state index in [9.17, 15) is 19.2 Å². The molecular formula is C16H23NO9S. The molecule has 5 unspecified atom stereocenters. The lowest BCUT2D eigenvalue weighted by Crippen LogP contribution is -2.61. The number of nitrogens with two attached hydrogens (primary N) is 1. The van der Waals surface area contributed by atoms with Crippen molar-refractivity contribution in [3.05, 3.63) is 11.6 Å². The first-order chi connectivity index (χ1) is 12.5. The standard InChI is InChI=1S/C16H23NO9S/c1-7(17)27-16-15(25-11(5)21)14(24-10(4)20)13(23-9(3)19)12(26-16)6-22-8(2)18/h12-16H,1,6,17H2,2-5H3. The van der Waals surface area contributed by atoms with E-state index >= 15 is 0 Å². The average Bonchev–Trinajstić information content (AvgIpc) is 2.49. The Morgan fingerprint density at radius 2 is 1.37 bits per heavy atom. The molecule has 1 aliphatic heterocycles. The summed E-state index contributed by atoms with van der Waals surface area (Å²) in [7, 11) is 0. The van der Waals surface area contributed by atoms with Crippen molar-refractivity contribution in [3.8, 4) is 0 Å². The van der Waals surface area contributed by atoms with Gasteiger partial charge in [0.05, 0.1) is 5.03 Å².